The van der Waals surface area contributed by atoms with Gasteiger partial charge in [-0.1, -0.05) is 6.07 Å². The van der Waals surface area contributed by atoms with Gasteiger partial charge in [-0.15, -0.1) is 0 Å². The maximum absolute atomic E-state index is 12.3. The van der Waals surface area contributed by atoms with Crippen molar-refractivity contribution >= 4 is 17.6 Å². The van der Waals surface area contributed by atoms with Crippen LogP contribution in [0, 0.1) is 0 Å². The van der Waals surface area contributed by atoms with Crippen molar-refractivity contribution in [3.05, 3.63) is 24.3 Å². The SMILES string of the molecule is COc1cccc(N2C[C@@H](NC(=O)NCCC[NH+]3CCCCC3)CC2=O)c1. The minimum absolute atomic E-state index is 0.0160. The monoisotopic (exact) mass is 375 g/mol. The molecule has 148 valence electrons. The van der Waals surface area contributed by atoms with E-state index in [2.05, 4.69) is 10.6 Å². The van der Waals surface area contributed by atoms with Crippen LogP contribution in [0.4, 0.5) is 10.5 Å². The van der Waals surface area contributed by atoms with Gasteiger partial charge in [-0.25, -0.2) is 4.79 Å². The van der Waals surface area contributed by atoms with Crippen LogP contribution in [0.2, 0.25) is 0 Å². The number of methoxy groups -OCH3 is 1. The fourth-order valence-electron chi connectivity index (χ4n) is 3.91. The second-order valence-corrected chi connectivity index (χ2v) is 7.42. The van der Waals surface area contributed by atoms with Crippen molar-refractivity contribution in [2.75, 3.05) is 44.7 Å². The molecule has 2 heterocycles. The van der Waals surface area contributed by atoms with Gasteiger partial charge >= 0.3 is 6.03 Å². The van der Waals surface area contributed by atoms with Gasteiger partial charge in [0.05, 0.1) is 32.8 Å². The Balaban J connectivity index is 1.39. The third-order valence-electron chi connectivity index (χ3n) is 5.38. The smallest absolute Gasteiger partial charge is 0.315 e. The van der Waals surface area contributed by atoms with Crippen LogP contribution in [0.1, 0.15) is 32.1 Å². The highest BCUT2D eigenvalue weighted by atomic mass is 16.5. The van der Waals surface area contributed by atoms with E-state index in [0.717, 1.165) is 18.7 Å². The van der Waals surface area contributed by atoms with Gasteiger partial charge in [0, 0.05) is 37.7 Å². The molecule has 27 heavy (non-hydrogen) atoms. The van der Waals surface area contributed by atoms with Crippen molar-refractivity contribution in [3.8, 4) is 5.75 Å². The van der Waals surface area contributed by atoms with E-state index in [-0.39, 0.29) is 18.0 Å². The highest BCUT2D eigenvalue weighted by molar-refractivity contribution is 5.97. The summed E-state index contributed by atoms with van der Waals surface area (Å²) >= 11 is 0. The van der Waals surface area contributed by atoms with E-state index in [1.165, 1.54) is 32.4 Å². The Kier molecular flexibility index (Phi) is 6.92. The lowest BCUT2D eigenvalue weighted by Gasteiger charge is -2.23. The maximum atomic E-state index is 12.3. The Bertz CT molecular complexity index is 646. The average Bonchev–Trinajstić information content (AvgIpc) is 3.06. The van der Waals surface area contributed by atoms with Gasteiger partial charge in [0.1, 0.15) is 5.75 Å². The van der Waals surface area contributed by atoms with Gasteiger partial charge in [0.15, 0.2) is 0 Å². The number of nitrogens with one attached hydrogen (secondary N) is 3. The summed E-state index contributed by atoms with van der Waals surface area (Å²) in [5.74, 6) is 0.729. The predicted octanol–water partition coefficient (Wildman–Crippen LogP) is 0.559. The Hall–Kier alpha value is -2.28. The van der Waals surface area contributed by atoms with Crippen molar-refractivity contribution in [1.82, 2.24) is 10.6 Å². The molecule has 0 spiro atoms. The van der Waals surface area contributed by atoms with Gasteiger partial charge in [-0.3, -0.25) is 4.79 Å². The number of piperidine rings is 1. The van der Waals surface area contributed by atoms with Gasteiger partial charge in [-0.05, 0) is 31.4 Å². The zero-order chi connectivity index (χ0) is 19.1. The first kappa shape index (κ1) is 19.5. The number of hydrogen-bond acceptors (Lipinski definition) is 3. The molecule has 0 bridgehead atoms. The summed E-state index contributed by atoms with van der Waals surface area (Å²) < 4.78 is 5.22. The number of likely N-dealkylation sites (tertiary alicyclic amines) is 1. The topological polar surface area (TPSA) is 75.1 Å². The number of carbonyl (C=O) groups excluding carboxylic acids is 2. The van der Waals surface area contributed by atoms with E-state index in [9.17, 15) is 9.59 Å². The highest BCUT2D eigenvalue weighted by Gasteiger charge is 2.31. The van der Waals surface area contributed by atoms with E-state index < -0.39 is 0 Å². The Morgan fingerprint density at radius 1 is 1.30 bits per heavy atom. The van der Waals surface area contributed by atoms with Crippen LogP contribution in [0.25, 0.3) is 0 Å². The van der Waals surface area contributed by atoms with Crippen LogP contribution in [-0.2, 0) is 4.79 Å². The van der Waals surface area contributed by atoms with Crippen LogP contribution in [0.5, 0.6) is 5.75 Å². The lowest BCUT2D eigenvalue weighted by molar-refractivity contribution is -0.904. The average molecular weight is 375 g/mol. The summed E-state index contributed by atoms with van der Waals surface area (Å²) in [5, 5.41) is 5.85. The van der Waals surface area contributed by atoms with Crippen molar-refractivity contribution in [2.24, 2.45) is 0 Å². The first-order chi connectivity index (χ1) is 13.2. The normalized spacial score (nSPS) is 20.6. The first-order valence-corrected chi connectivity index (χ1v) is 9.98. The summed E-state index contributed by atoms with van der Waals surface area (Å²) in [4.78, 5) is 27.8. The van der Waals surface area contributed by atoms with Crippen molar-refractivity contribution in [3.63, 3.8) is 0 Å². The minimum atomic E-state index is -0.186. The lowest BCUT2D eigenvalue weighted by Crippen LogP contribution is -3.12. The van der Waals surface area contributed by atoms with Crippen LogP contribution in [0.3, 0.4) is 0 Å². The molecule has 2 aliphatic heterocycles. The fourth-order valence-corrected chi connectivity index (χ4v) is 3.91. The molecule has 1 aromatic rings. The molecule has 3 amide bonds. The Morgan fingerprint density at radius 3 is 2.89 bits per heavy atom. The molecule has 7 nitrogen and oxygen atoms in total. The molecule has 2 saturated heterocycles. The molecule has 1 aromatic carbocycles. The fraction of sp³-hybridized carbons (Fsp3) is 0.600. The van der Waals surface area contributed by atoms with E-state index in [0.29, 0.717) is 25.3 Å². The van der Waals surface area contributed by atoms with E-state index in [4.69, 9.17) is 4.74 Å². The van der Waals surface area contributed by atoms with Crippen LogP contribution >= 0.6 is 0 Å². The molecule has 3 rings (SSSR count). The second-order valence-electron chi connectivity index (χ2n) is 7.42. The molecule has 2 aliphatic rings. The number of amides is 3. The van der Waals surface area contributed by atoms with Gasteiger partial charge in [0.25, 0.3) is 0 Å². The molecule has 2 fully saturated rings. The zero-order valence-corrected chi connectivity index (χ0v) is 16.1. The number of nitrogens with zero attached hydrogens (tertiary/aromatic N) is 1. The highest BCUT2D eigenvalue weighted by Crippen LogP contribution is 2.25. The predicted molar refractivity (Wildman–Crippen MR) is 104 cm³/mol. The van der Waals surface area contributed by atoms with Gasteiger partial charge < -0.3 is 25.2 Å². The number of hydrogen-bond donors (Lipinski definition) is 3. The van der Waals surface area contributed by atoms with Crippen LogP contribution in [0.15, 0.2) is 24.3 Å². The molecule has 0 aliphatic carbocycles. The molecule has 7 heteroatoms. The second kappa shape index (κ2) is 9.60. The largest absolute Gasteiger partial charge is 0.497 e. The van der Waals surface area contributed by atoms with Crippen LogP contribution < -0.4 is 25.2 Å². The third kappa shape index (κ3) is 5.60. The van der Waals surface area contributed by atoms with E-state index >= 15 is 0 Å². The molecule has 0 saturated carbocycles. The quantitative estimate of drug-likeness (QED) is 0.610. The number of carbonyl (C=O) groups is 2. The third-order valence-corrected chi connectivity index (χ3v) is 5.38. The number of anilines is 1. The summed E-state index contributed by atoms with van der Waals surface area (Å²) in [6, 6.07) is 7.07. The molecule has 0 unspecified atom stereocenters. The summed E-state index contributed by atoms with van der Waals surface area (Å²) in [7, 11) is 1.60. The lowest BCUT2D eigenvalue weighted by atomic mass is 10.1. The number of urea groups is 1. The van der Waals surface area contributed by atoms with Crippen LogP contribution in [-0.4, -0.2) is 57.8 Å². The standard InChI is InChI=1S/C20H30N4O3/c1-27-18-8-5-7-17(14-18)24-15-16(13-19(24)25)22-20(26)21-9-6-12-23-10-3-2-4-11-23/h5,7-8,14,16H,2-4,6,9-13,15H2,1H3,(H2,21,22,26)/p+1/t16-/m0/s1. The van der Waals surface area contributed by atoms with Gasteiger partial charge in [0.2, 0.25) is 5.91 Å². The molecule has 3 N–H and O–H groups in total. The Labute approximate surface area is 161 Å². The molecular formula is C20H31N4O3+. The number of rotatable bonds is 7. The summed E-state index contributed by atoms with van der Waals surface area (Å²) in [5.41, 5.74) is 0.800. The number of benzene rings is 1. The maximum Gasteiger partial charge on any atom is 0.315 e. The first-order valence-electron chi connectivity index (χ1n) is 9.98. The van der Waals surface area contributed by atoms with Gasteiger partial charge in [-0.2, -0.15) is 0 Å². The molecular weight excluding hydrogens is 344 g/mol. The van der Waals surface area contributed by atoms with E-state index in [1.807, 2.05) is 24.3 Å². The minimum Gasteiger partial charge on any atom is -0.497 e. The van der Waals surface area contributed by atoms with Crippen molar-refractivity contribution < 1.29 is 19.2 Å². The number of ether oxygens (including phenoxy) is 1. The summed E-state index contributed by atoms with van der Waals surface area (Å²) in [6.45, 7) is 4.80. The zero-order valence-electron chi connectivity index (χ0n) is 16.1. The molecule has 0 aromatic heterocycles. The Morgan fingerprint density at radius 2 is 2.11 bits per heavy atom. The molecule has 1 atom stereocenters. The number of quaternary nitrogens is 1. The molecule has 0 radical (unpaired) electrons. The summed E-state index contributed by atoms with van der Waals surface area (Å²) in [6.07, 6.45) is 5.31. The van der Waals surface area contributed by atoms with Crippen molar-refractivity contribution in [1.29, 1.82) is 0 Å². The van der Waals surface area contributed by atoms with Crippen molar-refractivity contribution in [2.45, 2.75) is 38.1 Å². The van der Waals surface area contributed by atoms with E-state index in [1.54, 1.807) is 16.9 Å².